The van der Waals surface area contributed by atoms with Crippen LogP contribution in [0.4, 0.5) is 0 Å². The van der Waals surface area contributed by atoms with Crippen LogP contribution in [0.5, 0.6) is 0 Å². The summed E-state index contributed by atoms with van der Waals surface area (Å²) in [7, 11) is 2.02. The maximum Gasteiger partial charge on any atom is 0.253 e. The number of rotatable bonds is 3. The van der Waals surface area contributed by atoms with Gasteiger partial charge in [-0.25, -0.2) is 0 Å². The molecule has 2 rings (SSSR count). The van der Waals surface area contributed by atoms with Gasteiger partial charge in [0.1, 0.15) is 0 Å². The monoisotopic (exact) mass is 274 g/mol. The Morgan fingerprint density at radius 2 is 2.10 bits per heavy atom. The van der Waals surface area contributed by atoms with Crippen molar-refractivity contribution in [1.82, 2.24) is 10.2 Å². The number of piperidine rings is 1. The fourth-order valence-corrected chi connectivity index (χ4v) is 3.07. The van der Waals surface area contributed by atoms with Gasteiger partial charge in [-0.15, -0.1) is 0 Å². The van der Waals surface area contributed by atoms with Gasteiger partial charge in [-0.05, 0) is 56.5 Å². The summed E-state index contributed by atoms with van der Waals surface area (Å²) in [6, 6.07) is 6.56. The van der Waals surface area contributed by atoms with E-state index in [9.17, 15) is 4.79 Å². The number of amides is 1. The van der Waals surface area contributed by atoms with Crippen molar-refractivity contribution in [1.29, 1.82) is 0 Å². The molecule has 0 spiro atoms. The molecule has 110 valence electrons. The summed E-state index contributed by atoms with van der Waals surface area (Å²) < 4.78 is 0. The van der Waals surface area contributed by atoms with Crippen LogP contribution in [-0.2, 0) is 0 Å². The first kappa shape index (κ1) is 15.0. The Morgan fingerprint density at radius 3 is 2.70 bits per heavy atom. The zero-order chi connectivity index (χ0) is 14.7. The Kier molecular flexibility index (Phi) is 4.81. The Hall–Kier alpha value is -1.35. The predicted molar refractivity (Wildman–Crippen MR) is 83.1 cm³/mol. The third-order valence-electron chi connectivity index (χ3n) is 4.67. The lowest BCUT2D eigenvalue weighted by Crippen LogP contribution is -2.50. The largest absolute Gasteiger partial charge is 0.338 e. The van der Waals surface area contributed by atoms with E-state index in [1.165, 1.54) is 11.1 Å². The molecule has 1 aliphatic rings. The van der Waals surface area contributed by atoms with E-state index in [0.29, 0.717) is 12.0 Å². The number of benzene rings is 1. The molecule has 1 saturated heterocycles. The number of hydrogen-bond acceptors (Lipinski definition) is 2. The fraction of sp³-hybridized carbons (Fsp3) is 0.588. The zero-order valence-corrected chi connectivity index (χ0v) is 13.1. The first-order chi connectivity index (χ1) is 9.56. The molecule has 0 radical (unpaired) electrons. The molecule has 20 heavy (non-hydrogen) atoms. The van der Waals surface area contributed by atoms with Gasteiger partial charge in [0.05, 0.1) is 0 Å². The molecular weight excluding hydrogens is 248 g/mol. The quantitative estimate of drug-likeness (QED) is 0.919. The fourth-order valence-electron chi connectivity index (χ4n) is 3.07. The summed E-state index contributed by atoms with van der Waals surface area (Å²) >= 11 is 0. The van der Waals surface area contributed by atoms with Crippen molar-refractivity contribution in [3.63, 3.8) is 0 Å². The Balaban J connectivity index is 2.11. The molecule has 0 saturated carbocycles. The molecule has 1 fully saturated rings. The molecule has 2 atom stereocenters. The summed E-state index contributed by atoms with van der Waals surface area (Å²) in [4.78, 5) is 14.6. The molecule has 1 heterocycles. The van der Waals surface area contributed by atoms with Gasteiger partial charge in [-0.3, -0.25) is 4.79 Å². The molecule has 1 amide bonds. The van der Waals surface area contributed by atoms with E-state index in [1.54, 1.807) is 0 Å². The number of carbonyl (C=O) groups excluding carboxylic acids is 1. The molecule has 3 heteroatoms. The van der Waals surface area contributed by atoms with Crippen molar-refractivity contribution >= 4 is 5.91 Å². The third-order valence-corrected chi connectivity index (χ3v) is 4.67. The van der Waals surface area contributed by atoms with E-state index in [1.807, 2.05) is 30.1 Å². The number of hydrogen-bond donors (Lipinski definition) is 1. The number of likely N-dealkylation sites (tertiary alicyclic amines) is 1. The summed E-state index contributed by atoms with van der Waals surface area (Å²) in [5.74, 6) is 0.741. The molecule has 1 N–H and O–H groups in total. The maximum atomic E-state index is 12.6. The summed E-state index contributed by atoms with van der Waals surface area (Å²) in [5.41, 5.74) is 3.25. The van der Waals surface area contributed by atoms with E-state index in [-0.39, 0.29) is 5.91 Å². The van der Waals surface area contributed by atoms with Gasteiger partial charge in [-0.1, -0.05) is 19.4 Å². The zero-order valence-electron chi connectivity index (χ0n) is 13.1. The molecule has 3 nitrogen and oxygen atoms in total. The Labute approximate surface area is 122 Å². The van der Waals surface area contributed by atoms with Crippen molar-refractivity contribution in [2.45, 2.75) is 39.7 Å². The molecule has 1 aromatic carbocycles. The smallest absolute Gasteiger partial charge is 0.253 e. The van der Waals surface area contributed by atoms with Gasteiger partial charge in [-0.2, -0.15) is 0 Å². The van der Waals surface area contributed by atoms with Crippen LogP contribution in [0.1, 0.15) is 41.3 Å². The van der Waals surface area contributed by atoms with Crippen LogP contribution in [0.3, 0.4) is 0 Å². The second-order valence-electron chi connectivity index (χ2n) is 5.90. The maximum absolute atomic E-state index is 12.6. The lowest BCUT2D eigenvalue weighted by Gasteiger charge is -2.38. The lowest BCUT2D eigenvalue weighted by molar-refractivity contribution is 0.0631. The summed E-state index contributed by atoms with van der Waals surface area (Å²) in [6.07, 6.45) is 2.16. The molecule has 1 aliphatic heterocycles. The molecule has 0 bridgehead atoms. The average molecular weight is 274 g/mol. The van der Waals surface area contributed by atoms with Gasteiger partial charge in [0.15, 0.2) is 0 Å². The van der Waals surface area contributed by atoms with E-state index in [0.717, 1.165) is 31.5 Å². The van der Waals surface area contributed by atoms with Crippen LogP contribution in [0, 0.1) is 19.8 Å². The summed E-state index contributed by atoms with van der Waals surface area (Å²) in [5, 5.41) is 3.38. The molecular formula is C17H26N2O. The van der Waals surface area contributed by atoms with Crippen LogP contribution in [0.25, 0.3) is 0 Å². The highest BCUT2D eigenvalue weighted by Gasteiger charge is 2.29. The number of carbonyl (C=O) groups is 1. The highest BCUT2D eigenvalue weighted by Crippen LogP contribution is 2.22. The van der Waals surface area contributed by atoms with Crippen molar-refractivity contribution in [2.24, 2.45) is 5.92 Å². The summed E-state index contributed by atoms with van der Waals surface area (Å²) in [6.45, 7) is 8.07. The van der Waals surface area contributed by atoms with Crippen LogP contribution in [0.15, 0.2) is 18.2 Å². The molecule has 1 aromatic rings. The topological polar surface area (TPSA) is 32.3 Å². The molecule has 0 aliphatic carbocycles. The van der Waals surface area contributed by atoms with Crippen LogP contribution in [-0.4, -0.2) is 37.0 Å². The van der Waals surface area contributed by atoms with Gasteiger partial charge in [0, 0.05) is 24.7 Å². The van der Waals surface area contributed by atoms with Gasteiger partial charge < -0.3 is 10.2 Å². The second kappa shape index (κ2) is 6.40. The number of nitrogens with zero attached hydrogens (tertiary/aromatic N) is 1. The van der Waals surface area contributed by atoms with E-state index < -0.39 is 0 Å². The Bertz CT molecular complexity index is 484. The minimum absolute atomic E-state index is 0.182. The minimum atomic E-state index is 0.182. The minimum Gasteiger partial charge on any atom is -0.338 e. The van der Waals surface area contributed by atoms with Gasteiger partial charge >= 0.3 is 0 Å². The number of aryl methyl sites for hydroxylation is 2. The van der Waals surface area contributed by atoms with Crippen molar-refractivity contribution < 1.29 is 4.79 Å². The van der Waals surface area contributed by atoms with Gasteiger partial charge in [0.2, 0.25) is 0 Å². The highest BCUT2D eigenvalue weighted by atomic mass is 16.2. The first-order valence-corrected chi connectivity index (χ1v) is 7.60. The normalized spacial score (nSPS) is 22.9. The Morgan fingerprint density at radius 1 is 1.35 bits per heavy atom. The van der Waals surface area contributed by atoms with Crippen molar-refractivity contribution in [3.05, 3.63) is 34.9 Å². The lowest BCUT2D eigenvalue weighted by atomic mass is 9.89. The third kappa shape index (κ3) is 3.04. The van der Waals surface area contributed by atoms with Crippen LogP contribution >= 0.6 is 0 Å². The predicted octanol–water partition coefficient (Wildman–Crippen LogP) is 2.76. The number of nitrogens with one attached hydrogen (secondary N) is 1. The van der Waals surface area contributed by atoms with Crippen molar-refractivity contribution in [2.75, 3.05) is 20.1 Å². The van der Waals surface area contributed by atoms with Gasteiger partial charge in [0.25, 0.3) is 5.91 Å². The first-order valence-electron chi connectivity index (χ1n) is 7.60. The SMILES string of the molecule is CCC1CN(C(=O)c2ccc(C)c(C)c2)CCC1NC. The standard InChI is InChI=1S/C17H26N2O/c1-5-14-11-19(9-8-16(14)18-4)17(20)15-7-6-12(2)13(3)10-15/h6-7,10,14,16,18H,5,8-9,11H2,1-4H3. The molecule has 0 aromatic heterocycles. The van der Waals surface area contributed by atoms with E-state index in [2.05, 4.69) is 26.1 Å². The van der Waals surface area contributed by atoms with Crippen LogP contribution < -0.4 is 5.32 Å². The highest BCUT2D eigenvalue weighted by molar-refractivity contribution is 5.94. The van der Waals surface area contributed by atoms with E-state index >= 15 is 0 Å². The van der Waals surface area contributed by atoms with Crippen LogP contribution in [0.2, 0.25) is 0 Å². The average Bonchev–Trinajstić information content (AvgIpc) is 2.48. The second-order valence-corrected chi connectivity index (χ2v) is 5.90. The van der Waals surface area contributed by atoms with Crippen molar-refractivity contribution in [3.8, 4) is 0 Å². The molecule has 2 unspecified atom stereocenters. The van der Waals surface area contributed by atoms with E-state index in [4.69, 9.17) is 0 Å².